The van der Waals surface area contributed by atoms with E-state index in [9.17, 15) is 13.2 Å². The summed E-state index contributed by atoms with van der Waals surface area (Å²) in [6.45, 7) is 1.04. The molecule has 4 rings (SSSR count). The van der Waals surface area contributed by atoms with E-state index in [-0.39, 0.29) is 27.0 Å². The monoisotopic (exact) mass is 488 g/mol. The van der Waals surface area contributed by atoms with Crippen molar-refractivity contribution in [3.8, 4) is 17.2 Å². The predicted molar refractivity (Wildman–Crippen MR) is 125 cm³/mol. The van der Waals surface area contributed by atoms with Gasteiger partial charge in [0.1, 0.15) is 10.6 Å². The maximum absolute atomic E-state index is 13.0. The number of amides is 1. The van der Waals surface area contributed by atoms with Gasteiger partial charge in [0.05, 0.1) is 31.0 Å². The number of hydrogen-bond acceptors (Lipinski definition) is 6. The lowest BCUT2D eigenvalue weighted by Gasteiger charge is -2.14. The molecular weight excluding hydrogens is 468 g/mol. The standard InChI is InChI=1S/C23H21ClN2O6S/c1-30-20-10-8-16(14-22(20)33(28,29)26-18-6-3-2-5-17(18)24)25-23(27)15-7-9-19-21(13-15)32-12-4-11-31-19/h2-3,5-10,13-14,26H,4,11-12H2,1H3,(H,25,27). The molecular formula is C23H21ClN2O6S. The molecule has 1 aliphatic heterocycles. The Kier molecular flexibility index (Phi) is 6.62. The highest BCUT2D eigenvalue weighted by Gasteiger charge is 2.22. The van der Waals surface area contributed by atoms with E-state index in [1.807, 2.05) is 0 Å². The van der Waals surface area contributed by atoms with Crippen molar-refractivity contribution in [3.05, 3.63) is 71.2 Å². The fraction of sp³-hybridized carbons (Fsp3) is 0.174. The van der Waals surface area contributed by atoms with Crippen LogP contribution in [0.1, 0.15) is 16.8 Å². The fourth-order valence-corrected chi connectivity index (χ4v) is 4.73. The van der Waals surface area contributed by atoms with Gasteiger partial charge in [-0.25, -0.2) is 8.42 Å². The van der Waals surface area contributed by atoms with Crippen LogP contribution in [0.5, 0.6) is 17.2 Å². The summed E-state index contributed by atoms with van der Waals surface area (Å²) < 4.78 is 45.0. The number of para-hydroxylation sites is 1. The van der Waals surface area contributed by atoms with Crippen LogP contribution in [0.15, 0.2) is 65.6 Å². The summed E-state index contributed by atoms with van der Waals surface area (Å²) in [5, 5.41) is 2.96. The molecule has 0 bridgehead atoms. The first-order valence-electron chi connectivity index (χ1n) is 10.0. The Hall–Kier alpha value is -3.43. The minimum absolute atomic E-state index is 0.114. The van der Waals surface area contributed by atoms with Crippen molar-refractivity contribution in [2.75, 3.05) is 30.4 Å². The van der Waals surface area contributed by atoms with Gasteiger partial charge in [0.2, 0.25) is 0 Å². The number of methoxy groups -OCH3 is 1. The van der Waals surface area contributed by atoms with Gasteiger partial charge in [-0.05, 0) is 48.5 Å². The van der Waals surface area contributed by atoms with Gasteiger partial charge in [-0.3, -0.25) is 9.52 Å². The normalized spacial score (nSPS) is 13.0. The number of fused-ring (bicyclic) bond motifs is 1. The minimum atomic E-state index is -4.06. The summed E-state index contributed by atoms with van der Waals surface area (Å²) >= 11 is 6.09. The van der Waals surface area contributed by atoms with E-state index >= 15 is 0 Å². The highest BCUT2D eigenvalue weighted by molar-refractivity contribution is 7.92. The summed E-state index contributed by atoms with van der Waals surface area (Å²) in [7, 11) is -2.70. The van der Waals surface area contributed by atoms with Gasteiger partial charge in [-0.2, -0.15) is 0 Å². The van der Waals surface area contributed by atoms with Gasteiger partial charge in [0.15, 0.2) is 11.5 Å². The number of hydrogen-bond donors (Lipinski definition) is 2. The third kappa shape index (κ3) is 5.15. The smallest absolute Gasteiger partial charge is 0.265 e. The van der Waals surface area contributed by atoms with Crippen LogP contribution in [0.2, 0.25) is 5.02 Å². The molecule has 0 saturated heterocycles. The molecule has 0 aliphatic carbocycles. The van der Waals surface area contributed by atoms with Crippen molar-refractivity contribution < 1.29 is 27.4 Å². The number of nitrogens with one attached hydrogen (secondary N) is 2. The number of carbonyl (C=O) groups excluding carboxylic acids is 1. The molecule has 0 saturated carbocycles. The molecule has 2 N–H and O–H groups in total. The summed E-state index contributed by atoms with van der Waals surface area (Å²) in [4.78, 5) is 12.7. The quantitative estimate of drug-likeness (QED) is 0.527. The molecule has 0 fully saturated rings. The molecule has 0 atom stereocenters. The van der Waals surface area contributed by atoms with Crippen LogP contribution in [0.3, 0.4) is 0 Å². The number of anilines is 2. The molecule has 0 spiro atoms. The van der Waals surface area contributed by atoms with Crippen molar-refractivity contribution in [2.45, 2.75) is 11.3 Å². The van der Waals surface area contributed by atoms with Gasteiger partial charge in [0, 0.05) is 17.7 Å². The molecule has 8 nitrogen and oxygen atoms in total. The third-order valence-electron chi connectivity index (χ3n) is 4.84. The first-order valence-corrected chi connectivity index (χ1v) is 11.9. The second-order valence-corrected chi connectivity index (χ2v) is 9.18. The van der Waals surface area contributed by atoms with Crippen LogP contribution in [-0.4, -0.2) is 34.6 Å². The molecule has 1 heterocycles. The van der Waals surface area contributed by atoms with Crippen molar-refractivity contribution in [1.82, 2.24) is 0 Å². The molecule has 33 heavy (non-hydrogen) atoms. The largest absolute Gasteiger partial charge is 0.495 e. The third-order valence-corrected chi connectivity index (χ3v) is 6.56. The first kappa shape index (κ1) is 22.8. The average Bonchev–Trinajstić information content (AvgIpc) is 3.05. The Morgan fingerprint density at radius 3 is 2.52 bits per heavy atom. The van der Waals surface area contributed by atoms with Crippen LogP contribution < -0.4 is 24.2 Å². The molecule has 10 heteroatoms. The van der Waals surface area contributed by atoms with E-state index in [0.29, 0.717) is 30.3 Å². The zero-order valence-electron chi connectivity index (χ0n) is 17.6. The van der Waals surface area contributed by atoms with Crippen molar-refractivity contribution >= 4 is 38.9 Å². The Morgan fingerprint density at radius 1 is 1.00 bits per heavy atom. The highest BCUT2D eigenvalue weighted by atomic mass is 35.5. The Balaban J connectivity index is 1.60. The topological polar surface area (TPSA) is 103 Å². The molecule has 0 radical (unpaired) electrons. The van der Waals surface area contributed by atoms with E-state index in [1.165, 1.54) is 19.2 Å². The molecule has 1 amide bonds. The lowest BCUT2D eigenvalue weighted by atomic mass is 10.2. The van der Waals surface area contributed by atoms with E-state index in [0.717, 1.165) is 6.42 Å². The first-order chi connectivity index (χ1) is 15.9. The number of halogens is 1. The zero-order valence-corrected chi connectivity index (χ0v) is 19.2. The van der Waals surface area contributed by atoms with Crippen molar-refractivity contribution in [1.29, 1.82) is 0 Å². The number of benzene rings is 3. The van der Waals surface area contributed by atoms with Gasteiger partial charge in [0.25, 0.3) is 15.9 Å². The maximum atomic E-state index is 13.0. The number of sulfonamides is 1. The Morgan fingerprint density at radius 2 is 1.76 bits per heavy atom. The lowest BCUT2D eigenvalue weighted by molar-refractivity contribution is 0.102. The van der Waals surface area contributed by atoms with E-state index in [2.05, 4.69) is 10.0 Å². The summed E-state index contributed by atoms with van der Waals surface area (Å²) in [5.74, 6) is 0.746. The van der Waals surface area contributed by atoms with Gasteiger partial charge < -0.3 is 19.5 Å². The fourth-order valence-electron chi connectivity index (χ4n) is 3.22. The van der Waals surface area contributed by atoms with Crippen LogP contribution >= 0.6 is 11.6 Å². The summed E-state index contributed by atoms with van der Waals surface area (Å²) in [6, 6.07) is 15.7. The van der Waals surface area contributed by atoms with Crippen molar-refractivity contribution in [2.24, 2.45) is 0 Å². The van der Waals surface area contributed by atoms with Crippen LogP contribution in [0.25, 0.3) is 0 Å². The molecule has 1 aliphatic rings. The van der Waals surface area contributed by atoms with Crippen LogP contribution in [-0.2, 0) is 10.0 Å². The maximum Gasteiger partial charge on any atom is 0.265 e. The number of rotatable bonds is 6. The van der Waals surface area contributed by atoms with E-state index in [1.54, 1.807) is 48.5 Å². The zero-order chi connectivity index (χ0) is 23.4. The van der Waals surface area contributed by atoms with Crippen molar-refractivity contribution in [3.63, 3.8) is 0 Å². The van der Waals surface area contributed by atoms with E-state index < -0.39 is 15.9 Å². The van der Waals surface area contributed by atoms with Gasteiger partial charge in [-0.15, -0.1) is 0 Å². The highest BCUT2D eigenvalue weighted by Crippen LogP contribution is 2.32. The Bertz CT molecular complexity index is 1300. The number of ether oxygens (including phenoxy) is 3. The Labute approximate surface area is 196 Å². The molecule has 0 unspecified atom stereocenters. The molecule has 172 valence electrons. The van der Waals surface area contributed by atoms with Crippen LogP contribution in [0.4, 0.5) is 11.4 Å². The molecule has 3 aromatic carbocycles. The lowest BCUT2D eigenvalue weighted by Crippen LogP contribution is -2.16. The van der Waals surface area contributed by atoms with Crippen LogP contribution in [0, 0.1) is 0 Å². The summed E-state index contributed by atoms with van der Waals surface area (Å²) in [5.41, 5.74) is 0.837. The second kappa shape index (κ2) is 9.60. The van der Waals surface area contributed by atoms with E-state index in [4.69, 9.17) is 25.8 Å². The average molecular weight is 489 g/mol. The molecule has 3 aromatic rings. The van der Waals surface area contributed by atoms with Gasteiger partial charge in [-0.1, -0.05) is 23.7 Å². The number of carbonyl (C=O) groups is 1. The predicted octanol–water partition coefficient (Wildman–Crippen LogP) is 4.56. The SMILES string of the molecule is COc1ccc(NC(=O)c2ccc3c(c2)OCCCO3)cc1S(=O)(=O)Nc1ccccc1Cl. The minimum Gasteiger partial charge on any atom is -0.495 e. The van der Waals surface area contributed by atoms with Gasteiger partial charge >= 0.3 is 0 Å². The summed E-state index contributed by atoms with van der Waals surface area (Å²) in [6.07, 6.45) is 0.752. The molecule has 0 aromatic heterocycles. The second-order valence-electron chi connectivity index (χ2n) is 7.12.